The lowest BCUT2D eigenvalue weighted by Crippen LogP contribution is -1.91. The summed E-state index contributed by atoms with van der Waals surface area (Å²) in [5.74, 6) is 0. The number of aliphatic hydroxyl groups excluding tert-OH is 1. The maximum atomic E-state index is 9.06. The van der Waals surface area contributed by atoms with Crippen LogP contribution in [0.2, 0.25) is 10.2 Å². The standard InChI is InChI=1S/C11H9Cl2NO/c1-6-2-9(12)4-7-3-8(5-15)11(13)14-10(6)7/h2-4,15H,5H2,1H3. The van der Waals surface area contributed by atoms with Crippen molar-refractivity contribution in [2.75, 3.05) is 0 Å². The molecule has 0 unspecified atom stereocenters. The van der Waals surface area contributed by atoms with Crippen molar-refractivity contribution in [2.45, 2.75) is 13.5 Å². The van der Waals surface area contributed by atoms with Gasteiger partial charge in [0.1, 0.15) is 5.15 Å². The molecule has 0 saturated heterocycles. The number of nitrogens with zero attached hydrogens (tertiary/aromatic N) is 1. The molecular weight excluding hydrogens is 233 g/mol. The Kier molecular flexibility index (Phi) is 2.83. The van der Waals surface area contributed by atoms with Crippen LogP contribution in [-0.2, 0) is 6.61 Å². The Labute approximate surface area is 97.5 Å². The normalized spacial score (nSPS) is 10.9. The molecule has 0 atom stereocenters. The predicted molar refractivity (Wildman–Crippen MR) is 62.4 cm³/mol. The fourth-order valence-corrected chi connectivity index (χ4v) is 2.03. The molecule has 15 heavy (non-hydrogen) atoms. The molecule has 0 bridgehead atoms. The fourth-order valence-electron chi connectivity index (χ4n) is 1.55. The Morgan fingerprint density at radius 3 is 2.67 bits per heavy atom. The van der Waals surface area contributed by atoms with E-state index in [0.717, 1.165) is 16.5 Å². The zero-order valence-corrected chi connectivity index (χ0v) is 9.60. The third-order valence-electron chi connectivity index (χ3n) is 2.27. The molecule has 1 heterocycles. The Balaban J connectivity index is 2.81. The molecule has 2 nitrogen and oxygen atoms in total. The lowest BCUT2D eigenvalue weighted by molar-refractivity contribution is 0.281. The number of aliphatic hydroxyl groups is 1. The molecule has 2 aromatic rings. The molecule has 4 heteroatoms. The van der Waals surface area contributed by atoms with Crippen molar-refractivity contribution in [2.24, 2.45) is 0 Å². The Bertz CT molecular complexity index is 525. The van der Waals surface area contributed by atoms with Crippen LogP contribution >= 0.6 is 23.2 Å². The summed E-state index contributed by atoms with van der Waals surface area (Å²) >= 11 is 11.8. The lowest BCUT2D eigenvalue weighted by Gasteiger charge is -2.06. The zero-order chi connectivity index (χ0) is 11.0. The van der Waals surface area contributed by atoms with Crippen molar-refractivity contribution >= 4 is 34.1 Å². The van der Waals surface area contributed by atoms with Gasteiger partial charge in [-0.2, -0.15) is 0 Å². The van der Waals surface area contributed by atoms with Gasteiger partial charge in [-0.05, 0) is 30.7 Å². The summed E-state index contributed by atoms with van der Waals surface area (Å²) < 4.78 is 0. The maximum absolute atomic E-state index is 9.06. The number of hydrogen-bond donors (Lipinski definition) is 1. The number of halogens is 2. The minimum atomic E-state index is -0.118. The number of benzene rings is 1. The number of aryl methyl sites for hydroxylation is 1. The Hall–Kier alpha value is -0.830. The molecule has 0 aliphatic carbocycles. The van der Waals surface area contributed by atoms with E-state index in [2.05, 4.69) is 4.98 Å². The second kappa shape index (κ2) is 3.97. The molecule has 0 spiro atoms. The van der Waals surface area contributed by atoms with E-state index in [1.165, 1.54) is 0 Å². The maximum Gasteiger partial charge on any atom is 0.135 e. The number of rotatable bonds is 1. The van der Waals surface area contributed by atoms with Crippen molar-refractivity contribution in [1.82, 2.24) is 4.98 Å². The summed E-state index contributed by atoms with van der Waals surface area (Å²) in [4.78, 5) is 4.23. The molecule has 2 rings (SSSR count). The molecule has 1 aromatic carbocycles. The molecule has 1 aromatic heterocycles. The van der Waals surface area contributed by atoms with Crippen LogP contribution in [0.1, 0.15) is 11.1 Å². The van der Waals surface area contributed by atoms with Crippen LogP contribution < -0.4 is 0 Å². The summed E-state index contributed by atoms with van der Waals surface area (Å²) in [6.45, 7) is 1.81. The molecule has 0 aliphatic rings. The third-order valence-corrected chi connectivity index (χ3v) is 2.82. The van der Waals surface area contributed by atoms with E-state index in [4.69, 9.17) is 28.3 Å². The van der Waals surface area contributed by atoms with Crippen LogP contribution in [0.3, 0.4) is 0 Å². The van der Waals surface area contributed by atoms with Crippen molar-refractivity contribution < 1.29 is 5.11 Å². The molecule has 0 saturated carbocycles. The highest BCUT2D eigenvalue weighted by molar-refractivity contribution is 6.32. The number of fused-ring (bicyclic) bond motifs is 1. The first-order valence-electron chi connectivity index (χ1n) is 4.48. The van der Waals surface area contributed by atoms with Crippen molar-refractivity contribution in [3.8, 4) is 0 Å². The Morgan fingerprint density at radius 2 is 2.00 bits per heavy atom. The fraction of sp³-hybridized carbons (Fsp3) is 0.182. The molecule has 0 amide bonds. The van der Waals surface area contributed by atoms with Gasteiger partial charge < -0.3 is 5.11 Å². The molecule has 1 N–H and O–H groups in total. The van der Waals surface area contributed by atoms with Gasteiger partial charge in [0.2, 0.25) is 0 Å². The topological polar surface area (TPSA) is 33.1 Å². The summed E-state index contributed by atoms with van der Waals surface area (Å²) in [5.41, 5.74) is 2.41. The highest BCUT2D eigenvalue weighted by Gasteiger charge is 2.06. The van der Waals surface area contributed by atoms with Gasteiger partial charge in [0, 0.05) is 16.0 Å². The summed E-state index contributed by atoms with van der Waals surface area (Å²) in [6.07, 6.45) is 0. The van der Waals surface area contributed by atoms with E-state index < -0.39 is 0 Å². The van der Waals surface area contributed by atoms with Gasteiger partial charge in [0.05, 0.1) is 12.1 Å². The molecule has 0 radical (unpaired) electrons. The average Bonchev–Trinajstić information content (AvgIpc) is 2.18. The van der Waals surface area contributed by atoms with E-state index in [1.54, 1.807) is 0 Å². The van der Waals surface area contributed by atoms with Crippen LogP contribution in [-0.4, -0.2) is 10.1 Å². The van der Waals surface area contributed by atoms with E-state index in [0.29, 0.717) is 15.7 Å². The first kappa shape index (κ1) is 10.7. The number of aromatic nitrogens is 1. The first-order valence-corrected chi connectivity index (χ1v) is 5.23. The van der Waals surface area contributed by atoms with Gasteiger partial charge in [0.25, 0.3) is 0 Å². The van der Waals surface area contributed by atoms with Crippen molar-refractivity contribution in [1.29, 1.82) is 0 Å². The van der Waals surface area contributed by atoms with Gasteiger partial charge in [-0.1, -0.05) is 23.2 Å². The highest BCUT2D eigenvalue weighted by atomic mass is 35.5. The number of pyridine rings is 1. The minimum absolute atomic E-state index is 0.118. The second-order valence-electron chi connectivity index (χ2n) is 3.39. The van der Waals surface area contributed by atoms with Gasteiger partial charge >= 0.3 is 0 Å². The van der Waals surface area contributed by atoms with Crippen LogP contribution in [0.25, 0.3) is 10.9 Å². The smallest absolute Gasteiger partial charge is 0.135 e. The van der Waals surface area contributed by atoms with Gasteiger partial charge in [-0.15, -0.1) is 0 Å². The van der Waals surface area contributed by atoms with E-state index in [-0.39, 0.29) is 6.61 Å². The zero-order valence-electron chi connectivity index (χ0n) is 8.09. The van der Waals surface area contributed by atoms with Gasteiger partial charge in [0.15, 0.2) is 0 Å². The van der Waals surface area contributed by atoms with Crippen LogP contribution in [0, 0.1) is 6.92 Å². The first-order chi connectivity index (χ1) is 7.11. The van der Waals surface area contributed by atoms with Crippen LogP contribution in [0.15, 0.2) is 18.2 Å². The Morgan fingerprint density at radius 1 is 1.27 bits per heavy atom. The predicted octanol–water partition coefficient (Wildman–Crippen LogP) is 3.34. The summed E-state index contributed by atoms with van der Waals surface area (Å²) in [7, 11) is 0. The number of hydrogen-bond acceptors (Lipinski definition) is 2. The monoisotopic (exact) mass is 241 g/mol. The SMILES string of the molecule is Cc1cc(Cl)cc2cc(CO)c(Cl)nc12. The highest BCUT2D eigenvalue weighted by Crippen LogP contribution is 2.26. The molecule has 0 aliphatic heterocycles. The van der Waals surface area contributed by atoms with E-state index >= 15 is 0 Å². The van der Waals surface area contributed by atoms with Gasteiger partial charge in [-0.3, -0.25) is 0 Å². The molecule has 78 valence electrons. The van der Waals surface area contributed by atoms with Crippen molar-refractivity contribution in [3.05, 3.63) is 39.5 Å². The van der Waals surface area contributed by atoms with Crippen LogP contribution in [0.5, 0.6) is 0 Å². The quantitative estimate of drug-likeness (QED) is 0.778. The minimum Gasteiger partial charge on any atom is -0.392 e. The lowest BCUT2D eigenvalue weighted by atomic mass is 10.1. The third kappa shape index (κ3) is 1.93. The van der Waals surface area contributed by atoms with Crippen LogP contribution in [0.4, 0.5) is 0 Å². The van der Waals surface area contributed by atoms with E-state index in [1.807, 2.05) is 25.1 Å². The van der Waals surface area contributed by atoms with E-state index in [9.17, 15) is 0 Å². The van der Waals surface area contributed by atoms with Gasteiger partial charge in [-0.25, -0.2) is 4.98 Å². The largest absolute Gasteiger partial charge is 0.392 e. The average molecular weight is 242 g/mol. The summed E-state index contributed by atoms with van der Waals surface area (Å²) in [6, 6.07) is 5.46. The molecule has 0 fully saturated rings. The second-order valence-corrected chi connectivity index (χ2v) is 4.19. The molecular formula is C11H9Cl2NO. The van der Waals surface area contributed by atoms with Crippen molar-refractivity contribution in [3.63, 3.8) is 0 Å². The summed E-state index contributed by atoms with van der Waals surface area (Å²) in [5, 5.41) is 11.0.